The van der Waals surface area contributed by atoms with Crippen LogP contribution in [-0.4, -0.2) is 32.3 Å². The fraction of sp³-hybridized carbons (Fsp3) is 0.300. The summed E-state index contributed by atoms with van der Waals surface area (Å²) in [6.45, 7) is 3.52. The molecule has 0 spiro atoms. The molecule has 2 aromatic carbocycles. The number of hydrogen-bond acceptors (Lipinski definition) is 4. The van der Waals surface area contributed by atoms with Crippen molar-refractivity contribution in [2.24, 2.45) is 5.73 Å². The van der Waals surface area contributed by atoms with Gasteiger partial charge in [0.15, 0.2) is 0 Å². The van der Waals surface area contributed by atoms with Gasteiger partial charge in [-0.25, -0.2) is 0 Å². The number of nitrogens with zero attached hydrogens (tertiary/aromatic N) is 1. The lowest BCUT2D eigenvalue weighted by Gasteiger charge is -2.39. The Labute approximate surface area is 143 Å². The molecule has 4 heteroatoms. The number of ether oxygens (including phenoxy) is 2. The second kappa shape index (κ2) is 7.07. The Bertz CT molecular complexity index is 741. The maximum Gasteiger partial charge on any atom is 0.119 e. The van der Waals surface area contributed by atoms with Crippen LogP contribution in [0.25, 0.3) is 5.57 Å². The molecule has 24 heavy (non-hydrogen) atoms. The van der Waals surface area contributed by atoms with E-state index in [0.29, 0.717) is 6.61 Å². The van der Waals surface area contributed by atoms with Crippen LogP contribution in [0.4, 0.5) is 0 Å². The number of fused-ring (bicyclic) bond motifs is 1. The van der Waals surface area contributed by atoms with Crippen molar-refractivity contribution in [1.29, 1.82) is 0 Å². The van der Waals surface area contributed by atoms with Crippen molar-refractivity contribution in [3.8, 4) is 5.75 Å². The molecule has 1 aliphatic heterocycles. The zero-order chi connectivity index (χ0) is 17.1. The van der Waals surface area contributed by atoms with Gasteiger partial charge in [-0.2, -0.15) is 0 Å². The van der Waals surface area contributed by atoms with Crippen molar-refractivity contribution in [3.63, 3.8) is 0 Å². The fourth-order valence-corrected chi connectivity index (χ4v) is 3.32. The normalized spacial score (nSPS) is 17.0. The number of methoxy groups -OCH3 is 2. The largest absolute Gasteiger partial charge is 0.497 e. The van der Waals surface area contributed by atoms with Crippen molar-refractivity contribution in [2.75, 3.05) is 27.4 Å². The molecule has 0 bridgehead atoms. The molecule has 126 valence electrons. The Hall–Kier alpha value is -2.30. The van der Waals surface area contributed by atoms with E-state index < -0.39 is 0 Å². The van der Waals surface area contributed by atoms with Crippen molar-refractivity contribution in [3.05, 3.63) is 70.9 Å². The van der Waals surface area contributed by atoms with Crippen LogP contribution < -0.4 is 10.5 Å². The third kappa shape index (κ3) is 2.90. The standard InChI is InChI=1S/C20H24N2O2/c1-14-19(15-7-5-4-6-8-15)18-13-16(24-3)9-10-17(18)20(21)22(14)11-12-23-2/h4-10,13,20H,11-12,21H2,1-3H3. The van der Waals surface area contributed by atoms with Crippen LogP contribution >= 0.6 is 0 Å². The van der Waals surface area contributed by atoms with Crippen LogP contribution in [-0.2, 0) is 4.74 Å². The van der Waals surface area contributed by atoms with Gasteiger partial charge in [0.1, 0.15) is 11.9 Å². The summed E-state index contributed by atoms with van der Waals surface area (Å²) in [6, 6.07) is 16.5. The second-order valence-electron chi connectivity index (χ2n) is 5.91. The maximum absolute atomic E-state index is 6.55. The first kappa shape index (κ1) is 16.6. The molecule has 0 saturated carbocycles. The second-order valence-corrected chi connectivity index (χ2v) is 5.91. The Balaban J connectivity index is 2.18. The summed E-state index contributed by atoms with van der Waals surface area (Å²) in [5, 5.41) is 0. The van der Waals surface area contributed by atoms with E-state index in [9.17, 15) is 0 Å². The van der Waals surface area contributed by atoms with E-state index in [2.05, 4.69) is 48.2 Å². The fourth-order valence-electron chi connectivity index (χ4n) is 3.32. The molecule has 3 rings (SSSR count). The lowest BCUT2D eigenvalue weighted by molar-refractivity contribution is 0.143. The highest BCUT2D eigenvalue weighted by Gasteiger charge is 2.29. The molecule has 0 saturated heterocycles. The molecule has 0 aromatic heterocycles. The van der Waals surface area contributed by atoms with Gasteiger partial charge in [0.2, 0.25) is 0 Å². The van der Waals surface area contributed by atoms with Gasteiger partial charge in [-0.05, 0) is 35.7 Å². The van der Waals surface area contributed by atoms with E-state index in [1.54, 1.807) is 14.2 Å². The highest BCUT2D eigenvalue weighted by molar-refractivity contribution is 5.85. The predicted molar refractivity (Wildman–Crippen MR) is 96.6 cm³/mol. The molecule has 0 aliphatic carbocycles. The van der Waals surface area contributed by atoms with E-state index >= 15 is 0 Å². The smallest absolute Gasteiger partial charge is 0.119 e. The van der Waals surface area contributed by atoms with E-state index in [1.165, 1.54) is 11.1 Å². The summed E-state index contributed by atoms with van der Waals surface area (Å²) in [4.78, 5) is 2.21. The summed E-state index contributed by atoms with van der Waals surface area (Å²) in [5.41, 5.74) is 12.3. The average molecular weight is 324 g/mol. The topological polar surface area (TPSA) is 47.7 Å². The monoisotopic (exact) mass is 324 g/mol. The van der Waals surface area contributed by atoms with E-state index in [4.69, 9.17) is 15.2 Å². The van der Waals surface area contributed by atoms with Crippen molar-refractivity contribution >= 4 is 5.57 Å². The lowest BCUT2D eigenvalue weighted by atomic mass is 9.87. The summed E-state index contributed by atoms with van der Waals surface area (Å²) >= 11 is 0. The highest BCUT2D eigenvalue weighted by Crippen LogP contribution is 2.41. The first-order valence-electron chi connectivity index (χ1n) is 8.13. The van der Waals surface area contributed by atoms with Crippen LogP contribution in [0, 0.1) is 0 Å². The number of hydrogen-bond donors (Lipinski definition) is 1. The minimum Gasteiger partial charge on any atom is -0.497 e. The number of allylic oxidation sites excluding steroid dienone is 1. The third-order valence-corrected chi connectivity index (χ3v) is 4.58. The van der Waals surface area contributed by atoms with E-state index in [-0.39, 0.29) is 6.17 Å². The molecule has 2 aromatic rings. The van der Waals surface area contributed by atoms with Gasteiger partial charge in [-0.1, -0.05) is 36.4 Å². The highest BCUT2D eigenvalue weighted by atomic mass is 16.5. The molecular weight excluding hydrogens is 300 g/mol. The molecule has 2 N–H and O–H groups in total. The molecule has 1 unspecified atom stereocenters. The van der Waals surface area contributed by atoms with Crippen LogP contribution in [0.2, 0.25) is 0 Å². The van der Waals surface area contributed by atoms with Gasteiger partial charge >= 0.3 is 0 Å². The van der Waals surface area contributed by atoms with Crippen LogP contribution in [0.5, 0.6) is 5.75 Å². The first-order chi connectivity index (χ1) is 11.7. The summed E-state index contributed by atoms with van der Waals surface area (Å²) in [7, 11) is 3.40. The number of nitrogens with two attached hydrogens (primary N) is 1. The number of benzene rings is 2. The van der Waals surface area contributed by atoms with Crippen LogP contribution in [0.3, 0.4) is 0 Å². The summed E-state index contributed by atoms with van der Waals surface area (Å²) < 4.78 is 10.7. The van der Waals surface area contributed by atoms with Crippen molar-refractivity contribution in [1.82, 2.24) is 4.90 Å². The van der Waals surface area contributed by atoms with Gasteiger partial charge < -0.3 is 20.1 Å². The molecule has 0 amide bonds. The Kier molecular flexibility index (Phi) is 4.88. The average Bonchev–Trinajstić information content (AvgIpc) is 2.62. The molecular formula is C20H24N2O2. The molecule has 4 nitrogen and oxygen atoms in total. The molecule has 1 heterocycles. The molecule has 0 fully saturated rings. The lowest BCUT2D eigenvalue weighted by Crippen LogP contribution is -2.39. The summed E-state index contributed by atoms with van der Waals surface area (Å²) in [5.74, 6) is 0.840. The minimum atomic E-state index is -0.187. The SMILES string of the molecule is COCCN1C(C)=C(c2ccccc2)c2cc(OC)ccc2C1N. The zero-order valence-electron chi connectivity index (χ0n) is 14.5. The Morgan fingerprint density at radius 1 is 1.08 bits per heavy atom. The Morgan fingerprint density at radius 3 is 2.50 bits per heavy atom. The molecule has 1 aliphatic rings. The predicted octanol–water partition coefficient (Wildman–Crippen LogP) is 3.39. The quantitative estimate of drug-likeness (QED) is 0.916. The van der Waals surface area contributed by atoms with Gasteiger partial charge in [0, 0.05) is 24.9 Å². The summed E-state index contributed by atoms with van der Waals surface area (Å²) in [6.07, 6.45) is -0.187. The van der Waals surface area contributed by atoms with Crippen molar-refractivity contribution < 1.29 is 9.47 Å². The van der Waals surface area contributed by atoms with Gasteiger partial charge in [0.25, 0.3) is 0 Å². The third-order valence-electron chi connectivity index (χ3n) is 4.58. The molecule has 0 radical (unpaired) electrons. The molecule has 1 atom stereocenters. The van der Waals surface area contributed by atoms with Crippen LogP contribution in [0.15, 0.2) is 54.2 Å². The van der Waals surface area contributed by atoms with Gasteiger partial charge in [0.05, 0.1) is 13.7 Å². The Morgan fingerprint density at radius 2 is 1.83 bits per heavy atom. The minimum absolute atomic E-state index is 0.187. The van der Waals surface area contributed by atoms with Gasteiger partial charge in [-0.15, -0.1) is 0 Å². The van der Waals surface area contributed by atoms with Gasteiger partial charge in [-0.3, -0.25) is 0 Å². The zero-order valence-corrected chi connectivity index (χ0v) is 14.5. The van der Waals surface area contributed by atoms with Crippen molar-refractivity contribution in [2.45, 2.75) is 13.1 Å². The van der Waals surface area contributed by atoms with E-state index in [1.807, 2.05) is 12.1 Å². The van der Waals surface area contributed by atoms with E-state index in [0.717, 1.165) is 29.1 Å². The van der Waals surface area contributed by atoms with Crippen LogP contribution in [0.1, 0.15) is 29.8 Å². The first-order valence-corrected chi connectivity index (χ1v) is 8.13. The maximum atomic E-state index is 6.55. The number of rotatable bonds is 5.